The number of benzene rings is 1. The van der Waals surface area contributed by atoms with Gasteiger partial charge in [0.25, 0.3) is 5.91 Å². The summed E-state index contributed by atoms with van der Waals surface area (Å²) in [4.78, 5) is 41.8. The van der Waals surface area contributed by atoms with Crippen LogP contribution in [0.25, 0.3) is 0 Å². The van der Waals surface area contributed by atoms with E-state index in [2.05, 4.69) is 0 Å². The first-order chi connectivity index (χ1) is 11.1. The molecule has 2 atom stereocenters. The molecule has 6 nitrogen and oxygen atoms in total. The van der Waals surface area contributed by atoms with Gasteiger partial charge in [-0.25, -0.2) is 4.79 Å². The van der Waals surface area contributed by atoms with Crippen molar-refractivity contribution in [1.82, 2.24) is 9.80 Å². The third-order valence-electron chi connectivity index (χ3n) is 4.84. The third-order valence-corrected chi connectivity index (χ3v) is 5.16. The Morgan fingerprint density at radius 1 is 1.13 bits per heavy atom. The number of nitrogens with zero attached hydrogens (tertiary/aromatic N) is 3. The lowest BCUT2D eigenvalue weighted by Gasteiger charge is -2.23. The van der Waals surface area contributed by atoms with Gasteiger partial charge in [0.2, 0.25) is 5.91 Å². The summed E-state index contributed by atoms with van der Waals surface area (Å²) in [7, 11) is 0. The van der Waals surface area contributed by atoms with Gasteiger partial charge in [0.1, 0.15) is 6.04 Å². The Hall–Kier alpha value is -2.08. The molecule has 23 heavy (non-hydrogen) atoms. The summed E-state index contributed by atoms with van der Waals surface area (Å²) in [6.07, 6.45) is 1.74. The molecule has 3 fully saturated rings. The summed E-state index contributed by atoms with van der Waals surface area (Å²) in [5, 5.41) is 0.487. The van der Waals surface area contributed by atoms with E-state index in [4.69, 9.17) is 11.6 Å². The van der Waals surface area contributed by atoms with Gasteiger partial charge in [-0.15, -0.1) is 0 Å². The van der Waals surface area contributed by atoms with Gasteiger partial charge in [-0.05, 0) is 25.0 Å². The molecule has 3 heterocycles. The van der Waals surface area contributed by atoms with Gasteiger partial charge in [-0.3, -0.25) is 14.5 Å². The van der Waals surface area contributed by atoms with Crippen molar-refractivity contribution >= 4 is 35.1 Å². The maximum absolute atomic E-state index is 12.5. The second-order valence-electron chi connectivity index (χ2n) is 6.16. The van der Waals surface area contributed by atoms with Crippen molar-refractivity contribution in [3.8, 4) is 0 Å². The van der Waals surface area contributed by atoms with E-state index in [1.54, 1.807) is 28.0 Å². The number of hydrogen-bond donors (Lipinski definition) is 0. The highest BCUT2D eigenvalue weighted by molar-refractivity contribution is 6.33. The smallest absolute Gasteiger partial charge is 0.312 e. The summed E-state index contributed by atoms with van der Waals surface area (Å²) < 4.78 is 0. The van der Waals surface area contributed by atoms with E-state index >= 15 is 0 Å². The quantitative estimate of drug-likeness (QED) is 0.776. The van der Waals surface area contributed by atoms with Gasteiger partial charge in [0.15, 0.2) is 0 Å². The first-order valence-corrected chi connectivity index (χ1v) is 8.14. The highest BCUT2D eigenvalue weighted by Gasteiger charge is 2.52. The Labute approximate surface area is 138 Å². The predicted molar refractivity (Wildman–Crippen MR) is 84.2 cm³/mol. The van der Waals surface area contributed by atoms with Crippen molar-refractivity contribution in [3.63, 3.8) is 0 Å². The van der Waals surface area contributed by atoms with Crippen LogP contribution in [0.15, 0.2) is 24.3 Å². The Kier molecular flexibility index (Phi) is 3.30. The molecule has 0 aliphatic carbocycles. The monoisotopic (exact) mass is 333 g/mol. The molecule has 0 radical (unpaired) electrons. The molecule has 1 aromatic carbocycles. The highest BCUT2D eigenvalue weighted by atomic mass is 35.5. The molecule has 120 valence electrons. The number of imide groups is 1. The van der Waals surface area contributed by atoms with E-state index in [0.29, 0.717) is 23.8 Å². The van der Waals surface area contributed by atoms with Crippen LogP contribution in [0, 0.1) is 0 Å². The van der Waals surface area contributed by atoms with Gasteiger partial charge < -0.3 is 9.80 Å². The van der Waals surface area contributed by atoms with Gasteiger partial charge in [0.05, 0.1) is 16.8 Å². The Morgan fingerprint density at radius 2 is 1.91 bits per heavy atom. The Balaban J connectivity index is 1.58. The first kappa shape index (κ1) is 14.5. The van der Waals surface area contributed by atoms with Crippen LogP contribution in [-0.4, -0.2) is 52.8 Å². The number of rotatable bonds is 2. The molecule has 0 spiro atoms. The average Bonchev–Trinajstić information content (AvgIpc) is 3.19. The van der Waals surface area contributed by atoms with Crippen LogP contribution in [0.1, 0.15) is 19.3 Å². The van der Waals surface area contributed by atoms with Crippen LogP contribution in [0.2, 0.25) is 5.02 Å². The average molecular weight is 334 g/mol. The molecule has 0 aromatic heterocycles. The van der Waals surface area contributed by atoms with Crippen molar-refractivity contribution in [2.75, 3.05) is 18.0 Å². The summed E-state index contributed by atoms with van der Waals surface area (Å²) >= 11 is 6.16. The first-order valence-electron chi connectivity index (χ1n) is 7.76. The van der Waals surface area contributed by atoms with E-state index in [1.807, 2.05) is 6.07 Å². The Morgan fingerprint density at radius 3 is 2.65 bits per heavy atom. The van der Waals surface area contributed by atoms with Crippen LogP contribution >= 0.6 is 11.6 Å². The van der Waals surface area contributed by atoms with Crippen LogP contribution in [0.5, 0.6) is 0 Å². The molecule has 3 aliphatic heterocycles. The molecule has 1 unspecified atom stereocenters. The number of urea groups is 1. The van der Waals surface area contributed by atoms with Crippen LogP contribution < -0.4 is 4.90 Å². The van der Waals surface area contributed by atoms with Gasteiger partial charge in [0, 0.05) is 19.5 Å². The van der Waals surface area contributed by atoms with E-state index in [0.717, 1.165) is 12.8 Å². The lowest BCUT2D eigenvalue weighted by atomic mass is 10.2. The molecule has 4 rings (SSSR count). The van der Waals surface area contributed by atoms with Crippen molar-refractivity contribution in [3.05, 3.63) is 29.3 Å². The SMILES string of the molecule is O=C1CC(N2C(=O)[C@H]3CCCN3C2=O)CN1c1ccccc1Cl. The molecule has 3 aliphatic rings. The number of carbonyl (C=O) groups is 3. The van der Waals surface area contributed by atoms with Crippen molar-refractivity contribution < 1.29 is 14.4 Å². The second kappa shape index (κ2) is 5.23. The fourth-order valence-corrected chi connectivity index (χ4v) is 3.98. The zero-order valence-corrected chi connectivity index (χ0v) is 13.2. The van der Waals surface area contributed by atoms with Gasteiger partial charge >= 0.3 is 6.03 Å². The highest BCUT2D eigenvalue weighted by Crippen LogP contribution is 2.34. The molecule has 3 saturated heterocycles. The molecule has 4 amide bonds. The number of hydrogen-bond acceptors (Lipinski definition) is 3. The Bertz CT molecular complexity index is 686. The minimum Gasteiger partial charge on any atom is -0.312 e. The summed E-state index contributed by atoms with van der Waals surface area (Å²) in [5.74, 6) is -0.276. The minimum atomic E-state index is -0.413. The number of fused-ring (bicyclic) bond motifs is 1. The normalized spacial score (nSPS) is 27.3. The maximum Gasteiger partial charge on any atom is 0.327 e. The number of amides is 4. The fraction of sp³-hybridized carbons (Fsp3) is 0.438. The lowest BCUT2D eigenvalue weighted by Crippen LogP contribution is -2.43. The fourth-order valence-electron chi connectivity index (χ4n) is 3.75. The third kappa shape index (κ3) is 2.12. The maximum atomic E-state index is 12.5. The van der Waals surface area contributed by atoms with Crippen molar-refractivity contribution in [1.29, 1.82) is 0 Å². The lowest BCUT2D eigenvalue weighted by molar-refractivity contribution is -0.129. The van der Waals surface area contributed by atoms with Gasteiger partial charge in [-0.2, -0.15) is 0 Å². The zero-order chi connectivity index (χ0) is 16.1. The zero-order valence-electron chi connectivity index (χ0n) is 12.4. The molecule has 0 bridgehead atoms. The second-order valence-corrected chi connectivity index (χ2v) is 6.56. The van der Waals surface area contributed by atoms with Gasteiger partial charge in [-0.1, -0.05) is 23.7 Å². The summed E-state index contributed by atoms with van der Waals surface area (Å²) in [6.45, 7) is 0.932. The van der Waals surface area contributed by atoms with E-state index in [9.17, 15) is 14.4 Å². The van der Waals surface area contributed by atoms with E-state index in [-0.39, 0.29) is 30.3 Å². The number of halogens is 1. The van der Waals surface area contributed by atoms with Crippen molar-refractivity contribution in [2.24, 2.45) is 0 Å². The number of anilines is 1. The largest absolute Gasteiger partial charge is 0.327 e. The van der Waals surface area contributed by atoms with Crippen LogP contribution in [0.3, 0.4) is 0 Å². The number of para-hydroxylation sites is 1. The molecular formula is C16H16ClN3O3. The molecule has 1 aromatic rings. The predicted octanol–water partition coefficient (Wildman–Crippen LogP) is 1.87. The van der Waals surface area contributed by atoms with Crippen LogP contribution in [-0.2, 0) is 9.59 Å². The van der Waals surface area contributed by atoms with E-state index in [1.165, 1.54) is 4.90 Å². The standard InChI is InChI=1S/C16H16ClN3O3/c17-11-4-1-2-5-12(11)19-9-10(8-14(19)21)20-15(22)13-6-3-7-18(13)16(20)23/h1-2,4-5,10,13H,3,6-9H2/t10?,13-/m1/s1. The number of carbonyl (C=O) groups excluding carboxylic acids is 3. The van der Waals surface area contributed by atoms with E-state index < -0.39 is 6.04 Å². The van der Waals surface area contributed by atoms with Crippen molar-refractivity contribution in [2.45, 2.75) is 31.3 Å². The topological polar surface area (TPSA) is 60.9 Å². The summed E-state index contributed by atoms with van der Waals surface area (Å²) in [5.41, 5.74) is 0.626. The molecule has 0 saturated carbocycles. The molecule has 7 heteroatoms. The molecule has 0 N–H and O–H groups in total. The van der Waals surface area contributed by atoms with Crippen LogP contribution in [0.4, 0.5) is 10.5 Å². The molecular weight excluding hydrogens is 318 g/mol. The summed E-state index contributed by atoms with van der Waals surface area (Å²) in [6, 6.07) is 6.11. The minimum absolute atomic E-state index is 0.115.